The first-order chi connectivity index (χ1) is 27.5. The quantitative estimate of drug-likeness (QED) is 0.0674. The lowest BCUT2D eigenvalue weighted by atomic mass is 9.99. The largest absolute Gasteiger partial charge is 0.508 e. The molecule has 13 nitrogen and oxygen atoms in total. The fourth-order valence-electron chi connectivity index (χ4n) is 7.03. The van der Waals surface area contributed by atoms with Crippen LogP contribution in [0.15, 0.2) is 102 Å². The number of ether oxygens (including phenoxy) is 2. The Morgan fingerprint density at radius 3 is 2.32 bits per heavy atom. The molecule has 0 spiro atoms. The molecule has 1 fully saturated rings. The van der Waals surface area contributed by atoms with Crippen LogP contribution in [0.1, 0.15) is 52.8 Å². The number of nitrogens with one attached hydrogen (secondary N) is 3. The van der Waals surface area contributed by atoms with E-state index in [1.165, 1.54) is 6.26 Å². The summed E-state index contributed by atoms with van der Waals surface area (Å²) in [5.74, 6) is -0.128. The summed E-state index contributed by atoms with van der Waals surface area (Å²) in [6.45, 7) is 2.51. The van der Waals surface area contributed by atoms with Gasteiger partial charge in [0.1, 0.15) is 35.6 Å². The molecule has 1 unspecified atom stereocenters. The highest BCUT2D eigenvalue weighted by molar-refractivity contribution is 7.90. The third-order valence-corrected chi connectivity index (χ3v) is 11.1. The van der Waals surface area contributed by atoms with Gasteiger partial charge in [0.05, 0.1) is 16.0 Å². The summed E-state index contributed by atoms with van der Waals surface area (Å²) in [5, 5.41) is 20.5. The summed E-state index contributed by atoms with van der Waals surface area (Å²) in [6, 6.07) is 26.8. The van der Waals surface area contributed by atoms with E-state index >= 15 is 0 Å². The molecule has 7 rings (SSSR count). The summed E-state index contributed by atoms with van der Waals surface area (Å²) in [4.78, 5) is 51.5. The number of sulfone groups is 1. The van der Waals surface area contributed by atoms with Gasteiger partial charge in [-0.2, -0.15) is 0 Å². The van der Waals surface area contributed by atoms with Crippen LogP contribution in [0.3, 0.4) is 0 Å². The monoisotopic (exact) mass is 790 g/mol. The predicted molar refractivity (Wildman–Crippen MR) is 214 cm³/mol. The number of unbranched alkanes of at least 4 members (excludes halogenated alkanes) is 2. The number of phenolic OH excluding ortho intramolecular Hbond substituents is 1. The zero-order chi connectivity index (χ0) is 40.1. The molecular formula is C43H42N4O9S. The number of imide groups is 2. The maximum absolute atomic E-state index is 13.3. The number of rotatable bonds is 16. The van der Waals surface area contributed by atoms with Gasteiger partial charge in [-0.05, 0) is 110 Å². The maximum Gasteiger partial charge on any atom is 0.264 e. The number of piperidine rings is 1. The van der Waals surface area contributed by atoms with E-state index in [0.717, 1.165) is 52.6 Å². The lowest BCUT2D eigenvalue weighted by molar-refractivity contribution is -0.136. The summed E-state index contributed by atoms with van der Waals surface area (Å²) in [5.41, 5.74) is 2.61. The highest BCUT2D eigenvalue weighted by Crippen LogP contribution is 2.41. The summed E-state index contributed by atoms with van der Waals surface area (Å²) < 4.78 is 36.4. The van der Waals surface area contributed by atoms with Crippen LogP contribution in [0.2, 0.25) is 0 Å². The molecule has 1 saturated heterocycles. The highest BCUT2D eigenvalue weighted by atomic mass is 32.2. The topological polar surface area (TPSA) is 180 Å². The van der Waals surface area contributed by atoms with Crippen LogP contribution in [0, 0.1) is 0 Å². The van der Waals surface area contributed by atoms with E-state index in [-0.39, 0.29) is 34.6 Å². The Morgan fingerprint density at radius 2 is 1.56 bits per heavy atom. The van der Waals surface area contributed by atoms with Crippen molar-refractivity contribution in [1.82, 2.24) is 15.5 Å². The molecule has 0 aliphatic carbocycles. The van der Waals surface area contributed by atoms with Crippen molar-refractivity contribution in [1.29, 1.82) is 0 Å². The summed E-state index contributed by atoms with van der Waals surface area (Å²) in [6.07, 6.45) is 4.05. The minimum absolute atomic E-state index is 0.0713. The highest BCUT2D eigenvalue weighted by Gasteiger charge is 2.45. The lowest BCUT2D eigenvalue weighted by Crippen LogP contribution is -2.54. The van der Waals surface area contributed by atoms with E-state index in [4.69, 9.17) is 9.47 Å². The minimum Gasteiger partial charge on any atom is -0.508 e. The van der Waals surface area contributed by atoms with Gasteiger partial charge >= 0.3 is 0 Å². The number of aromatic hydroxyl groups is 1. The number of amides is 4. The Hall–Kier alpha value is -6.25. The number of fused-ring (bicyclic) bond motifs is 2. The first kappa shape index (κ1) is 39.0. The van der Waals surface area contributed by atoms with Gasteiger partial charge in [-0.3, -0.25) is 29.4 Å². The minimum atomic E-state index is -3.34. The Bertz CT molecular complexity index is 2450. The van der Waals surface area contributed by atoms with Crippen LogP contribution in [0.25, 0.3) is 21.9 Å². The van der Waals surface area contributed by atoms with Crippen LogP contribution in [-0.4, -0.2) is 80.6 Å². The van der Waals surface area contributed by atoms with E-state index in [0.29, 0.717) is 42.6 Å². The SMILES string of the molecule is CS(=O)(=O)c1ccc(-c2ccc3cc(O)ccc3c2Oc2ccc(OCCNCCCCCNc3cccc4c3C(=O)N(C3CCC(=O)NC3=O)C4=O)cc2)cc1. The van der Waals surface area contributed by atoms with Gasteiger partial charge in [0.2, 0.25) is 11.8 Å². The van der Waals surface area contributed by atoms with Gasteiger partial charge in [-0.1, -0.05) is 30.7 Å². The van der Waals surface area contributed by atoms with Gasteiger partial charge in [0.25, 0.3) is 11.8 Å². The number of nitrogens with zero attached hydrogens (tertiary/aromatic N) is 1. The van der Waals surface area contributed by atoms with Crippen molar-refractivity contribution in [3.63, 3.8) is 0 Å². The average Bonchev–Trinajstić information content (AvgIpc) is 3.45. The van der Waals surface area contributed by atoms with Crippen LogP contribution in [-0.2, 0) is 19.4 Å². The van der Waals surface area contributed by atoms with Crippen molar-refractivity contribution >= 4 is 49.9 Å². The van der Waals surface area contributed by atoms with Crippen molar-refractivity contribution in [2.45, 2.75) is 43.0 Å². The van der Waals surface area contributed by atoms with E-state index in [1.54, 1.807) is 60.7 Å². The summed E-state index contributed by atoms with van der Waals surface area (Å²) in [7, 11) is -3.34. The molecule has 0 radical (unpaired) electrons. The van der Waals surface area contributed by atoms with Crippen LogP contribution in [0.5, 0.6) is 23.0 Å². The third kappa shape index (κ3) is 8.77. The summed E-state index contributed by atoms with van der Waals surface area (Å²) >= 11 is 0. The van der Waals surface area contributed by atoms with E-state index in [9.17, 15) is 32.7 Å². The molecule has 5 aromatic carbocycles. The van der Waals surface area contributed by atoms with Gasteiger partial charge in [0, 0.05) is 42.4 Å². The van der Waals surface area contributed by atoms with Crippen molar-refractivity contribution in [3.8, 4) is 34.1 Å². The normalized spacial score (nSPS) is 15.5. The lowest BCUT2D eigenvalue weighted by Gasteiger charge is -2.27. The van der Waals surface area contributed by atoms with E-state index in [2.05, 4.69) is 16.0 Å². The maximum atomic E-state index is 13.3. The number of benzene rings is 5. The second kappa shape index (κ2) is 16.9. The second-order valence-electron chi connectivity index (χ2n) is 14.0. The number of phenols is 1. The van der Waals surface area contributed by atoms with Crippen LogP contribution in [0.4, 0.5) is 5.69 Å². The smallest absolute Gasteiger partial charge is 0.264 e. The number of carbonyl (C=O) groups excluding carboxylic acids is 4. The number of anilines is 1. The molecule has 1 atom stereocenters. The fourth-order valence-corrected chi connectivity index (χ4v) is 7.66. The standard InChI is InChI=1S/C43H42N4O9S/c1-57(53,54)32-16-8-27(9-17-32)33-18-10-28-26-29(48)11-19-34(28)40(33)56-31-14-12-30(13-15-31)55-25-24-44-22-3-2-4-23-45-36-7-5-6-35-39(36)43(52)47(42(35)51)37-20-21-38(49)46-41(37)50/h5-19,26,37,44-45,48H,2-4,20-25H2,1H3,(H,46,49,50). The van der Waals surface area contributed by atoms with Crippen molar-refractivity contribution in [2.24, 2.45) is 0 Å². The van der Waals surface area contributed by atoms with Gasteiger partial charge < -0.3 is 25.2 Å². The molecule has 14 heteroatoms. The molecule has 2 aliphatic rings. The van der Waals surface area contributed by atoms with Crippen LogP contribution < -0.4 is 25.4 Å². The first-order valence-electron chi connectivity index (χ1n) is 18.7. The zero-order valence-corrected chi connectivity index (χ0v) is 32.1. The Kier molecular flexibility index (Phi) is 11.5. The predicted octanol–water partition coefficient (Wildman–Crippen LogP) is 6.06. The van der Waals surface area contributed by atoms with Gasteiger partial charge in [-0.15, -0.1) is 0 Å². The van der Waals surface area contributed by atoms with E-state index < -0.39 is 39.5 Å². The average molecular weight is 791 g/mol. The molecule has 57 heavy (non-hydrogen) atoms. The number of hydrogen-bond acceptors (Lipinski definition) is 11. The molecule has 2 aliphatic heterocycles. The molecular weight excluding hydrogens is 749 g/mol. The zero-order valence-electron chi connectivity index (χ0n) is 31.2. The van der Waals surface area contributed by atoms with Gasteiger partial charge in [0.15, 0.2) is 9.84 Å². The Labute approximate surface area is 329 Å². The van der Waals surface area contributed by atoms with Crippen LogP contribution >= 0.6 is 0 Å². The van der Waals surface area contributed by atoms with E-state index in [1.807, 2.05) is 36.4 Å². The molecule has 4 amide bonds. The molecule has 4 N–H and O–H groups in total. The third-order valence-electron chi connectivity index (χ3n) is 9.95. The fraction of sp³-hybridized carbons (Fsp3) is 0.256. The number of hydrogen-bond donors (Lipinski definition) is 4. The van der Waals surface area contributed by atoms with Crippen molar-refractivity contribution in [3.05, 3.63) is 108 Å². The molecule has 0 aromatic heterocycles. The molecule has 2 heterocycles. The molecule has 0 bridgehead atoms. The molecule has 294 valence electrons. The molecule has 5 aromatic rings. The Morgan fingerprint density at radius 1 is 0.807 bits per heavy atom. The molecule has 0 saturated carbocycles. The Balaban J connectivity index is 0.847. The van der Waals surface area contributed by atoms with Crippen molar-refractivity contribution in [2.75, 3.05) is 37.8 Å². The van der Waals surface area contributed by atoms with Crippen molar-refractivity contribution < 1.29 is 42.2 Å². The number of carbonyl (C=O) groups is 4. The van der Waals surface area contributed by atoms with Gasteiger partial charge in [-0.25, -0.2) is 8.42 Å². The second-order valence-corrected chi connectivity index (χ2v) is 16.0. The first-order valence-corrected chi connectivity index (χ1v) is 20.6.